The SMILES string of the molecule is c1ccc2oc(CN3CCCC[C@H]3CN3CCOCC3)cc2c1. The molecule has 2 fully saturated rings. The minimum absolute atomic E-state index is 0.648. The Morgan fingerprint density at radius 1 is 1.04 bits per heavy atom. The molecule has 2 saturated heterocycles. The summed E-state index contributed by atoms with van der Waals surface area (Å²) in [7, 11) is 0. The minimum Gasteiger partial charge on any atom is -0.460 e. The van der Waals surface area contributed by atoms with Crippen molar-refractivity contribution in [1.82, 2.24) is 9.80 Å². The number of hydrogen-bond donors (Lipinski definition) is 0. The standard InChI is InChI=1S/C19H26N2O2/c1-2-7-19-16(5-1)13-18(23-19)15-21-8-4-3-6-17(21)14-20-9-11-22-12-10-20/h1-2,5,7,13,17H,3-4,6,8-12,14-15H2/t17-/m0/s1. The van der Waals surface area contributed by atoms with Gasteiger partial charge < -0.3 is 9.15 Å². The number of ether oxygens (including phenoxy) is 1. The van der Waals surface area contributed by atoms with Crippen molar-refractivity contribution in [1.29, 1.82) is 0 Å². The smallest absolute Gasteiger partial charge is 0.134 e. The molecule has 4 nitrogen and oxygen atoms in total. The second kappa shape index (κ2) is 7.04. The summed E-state index contributed by atoms with van der Waals surface area (Å²) in [5.41, 5.74) is 1.00. The molecule has 1 atom stereocenters. The van der Waals surface area contributed by atoms with Crippen molar-refractivity contribution in [2.45, 2.75) is 31.8 Å². The van der Waals surface area contributed by atoms with Crippen LogP contribution in [0.5, 0.6) is 0 Å². The van der Waals surface area contributed by atoms with Crippen molar-refractivity contribution in [2.24, 2.45) is 0 Å². The molecular weight excluding hydrogens is 288 g/mol. The predicted octanol–water partition coefficient (Wildman–Crippen LogP) is 3.12. The fraction of sp³-hybridized carbons (Fsp3) is 0.579. The van der Waals surface area contributed by atoms with Gasteiger partial charge in [0.2, 0.25) is 0 Å². The molecule has 0 N–H and O–H groups in total. The fourth-order valence-corrected chi connectivity index (χ4v) is 3.87. The Morgan fingerprint density at radius 2 is 1.91 bits per heavy atom. The van der Waals surface area contributed by atoms with Crippen LogP contribution in [-0.2, 0) is 11.3 Å². The summed E-state index contributed by atoms with van der Waals surface area (Å²) in [4.78, 5) is 5.18. The van der Waals surface area contributed by atoms with E-state index in [1.807, 2.05) is 6.07 Å². The quantitative estimate of drug-likeness (QED) is 0.867. The Hall–Kier alpha value is -1.36. The number of morpholine rings is 1. The minimum atomic E-state index is 0.648. The highest BCUT2D eigenvalue weighted by molar-refractivity contribution is 5.77. The van der Waals surface area contributed by atoms with Crippen LogP contribution < -0.4 is 0 Å². The molecule has 124 valence electrons. The van der Waals surface area contributed by atoms with Crippen molar-refractivity contribution in [3.8, 4) is 0 Å². The molecule has 0 aliphatic carbocycles. The number of fused-ring (bicyclic) bond motifs is 1. The zero-order valence-corrected chi connectivity index (χ0v) is 13.7. The van der Waals surface area contributed by atoms with Crippen molar-refractivity contribution < 1.29 is 9.15 Å². The average Bonchev–Trinajstić information content (AvgIpc) is 3.00. The van der Waals surface area contributed by atoms with Gasteiger partial charge in [-0.05, 0) is 31.5 Å². The fourth-order valence-electron chi connectivity index (χ4n) is 3.87. The van der Waals surface area contributed by atoms with E-state index in [9.17, 15) is 0 Å². The number of piperidine rings is 1. The first-order valence-electron chi connectivity index (χ1n) is 8.90. The number of likely N-dealkylation sites (tertiary alicyclic amines) is 1. The molecule has 1 aromatic heterocycles. The van der Waals surface area contributed by atoms with Crippen molar-refractivity contribution in [3.05, 3.63) is 36.1 Å². The van der Waals surface area contributed by atoms with Crippen LogP contribution in [0.2, 0.25) is 0 Å². The molecule has 23 heavy (non-hydrogen) atoms. The molecule has 0 unspecified atom stereocenters. The number of nitrogens with zero attached hydrogens (tertiary/aromatic N) is 2. The van der Waals surface area contributed by atoms with E-state index in [2.05, 4.69) is 34.1 Å². The zero-order valence-electron chi connectivity index (χ0n) is 13.7. The molecule has 2 aliphatic heterocycles. The van der Waals surface area contributed by atoms with Gasteiger partial charge in [0.25, 0.3) is 0 Å². The Kier molecular flexibility index (Phi) is 4.64. The van der Waals surface area contributed by atoms with Crippen LogP contribution >= 0.6 is 0 Å². The molecule has 0 spiro atoms. The van der Waals surface area contributed by atoms with Gasteiger partial charge >= 0.3 is 0 Å². The third kappa shape index (κ3) is 3.60. The number of furan rings is 1. The predicted molar refractivity (Wildman–Crippen MR) is 91.5 cm³/mol. The summed E-state index contributed by atoms with van der Waals surface area (Å²) in [5, 5.41) is 1.21. The molecule has 0 amide bonds. The maximum atomic E-state index is 6.03. The largest absolute Gasteiger partial charge is 0.460 e. The van der Waals surface area contributed by atoms with E-state index in [1.54, 1.807) is 0 Å². The second-order valence-corrected chi connectivity index (χ2v) is 6.78. The lowest BCUT2D eigenvalue weighted by atomic mass is 10.0. The van der Waals surface area contributed by atoms with Gasteiger partial charge in [0.05, 0.1) is 19.8 Å². The molecule has 4 rings (SSSR count). The molecule has 0 radical (unpaired) electrons. The van der Waals surface area contributed by atoms with E-state index in [0.717, 1.165) is 44.2 Å². The Bertz CT molecular complexity index is 600. The van der Waals surface area contributed by atoms with Crippen LogP contribution in [0.1, 0.15) is 25.0 Å². The van der Waals surface area contributed by atoms with Gasteiger partial charge in [0.1, 0.15) is 11.3 Å². The number of rotatable bonds is 4. The first-order chi connectivity index (χ1) is 11.4. The highest BCUT2D eigenvalue weighted by Crippen LogP contribution is 2.24. The van der Waals surface area contributed by atoms with Crippen LogP contribution in [-0.4, -0.2) is 55.2 Å². The van der Waals surface area contributed by atoms with Gasteiger partial charge in [-0.15, -0.1) is 0 Å². The molecule has 3 heterocycles. The van der Waals surface area contributed by atoms with Crippen LogP contribution in [0.4, 0.5) is 0 Å². The monoisotopic (exact) mass is 314 g/mol. The van der Waals surface area contributed by atoms with E-state index < -0.39 is 0 Å². The van der Waals surface area contributed by atoms with E-state index >= 15 is 0 Å². The first-order valence-corrected chi connectivity index (χ1v) is 8.90. The van der Waals surface area contributed by atoms with Crippen molar-refractivity contribution in [2.75, 3.05) is 39.4 Å². The Balaban J connectivity index is 1.44. The maximum absolute atomic E-state index is 6.03. The van der Waals surface area contributed by atoms with Gasteiger partial charge in [-0.1, -0.05) is 24.6 Å². The zero-order chi connectivity index (χ0) is 15.5. The third-order valence-corrected chi connectivity index (χ3v) is 5.16. The maximum Gasteiger partial charge on any atom is 0.134 e. The topological polar surface area (TPSA) is 28.9 Å². The number of para-hydroxylation sites is 1. The number of hydrogen-bond acceptors (Lipinski definition) is 4. The highest BCUT2D eigenvalue weighted by atomic mass is 16.5. The highest BCUT2D eigenvalue weighted by Gasteiger charge is 2.26. The molecular formula is C19H26N2O2. The second-order valence-electron chi connectivity index (χ2n) is 6.78. The lowest BCUT2D eigenvalue weighted by Crippen LogP contribution is -2.49. The third-order valence-electron chi connectivity index (χ3n) is 5.16. The van der Waals surface area contributed by atoms with Gasteiger partial charge in [-0.25, -0.2) is 0 Å². The summed E-state index contributed by atoms with van der Waals surface area (Å²) in [6.07, 6.45) is 3.96. The van der Waals surface area contributed by atoms with Gasteiger partial charge in [-0.3, -0.25) is 9.80 Å². The Labute approximate surface area is 138 Å². The van der Waals surface area contributed by atoms with Crippen LogP contribution in [0.3, 0.4) is 0 Å². The van der Waals surface area contributed by atoms with Crippen molar-refractivity contribution >= 4 is 11.0 Å². The molecule has 0 bridgehead atoms. The molecule has 1 aromatic carbocycles. The van der Waals surface area contributed by atoms with E-state index in [1.165, 1.54) is 37.7 Å². The molecule has 4 heteroatoms. The van der Waals surface area contributed by atoms with E-state index in [4.69, 9.17) is 9.15 Å². The van der Waals surface area contributed by atoms with Crippen molar-refractivity contribution in [3.63, 3.8) is 0 Å². The molecule has 0 saturated carbocycles. The summed E-state index contributed by atoms with van der Waals surface area (Å²) < 4.78 is 11.5. The Morgan fingerprint density at radius 3 is 2.78 bits per heavy atom. The summed E-state index contributed by atoms with van der Waals surface area (Å²) >= 11 is 0. The summed E-state index contributed by atoms with van der Waals surface area (Å²) in [5.74, 6) is 1.10. The van der Waals surface area contributed by atoms with E-state index in [-0.39, 0.29) is 0 Å². The summed E-state index contributed by atoms with van der Waals surface area (Å²) in [6.45, 7) is 7.22. The normalized spacial score (nSPS) is 24.3. The number of benzene rings is 1. The van der Waals surface area contributed by atoms with Crippen LogP contribution in [0.15, 0.2) is 34.7 Å². The van der Waals surface area contributed by atoms with Gasteiger partial charge in [-0.2, -0.15) is 0 Å². The van der Waals surface area contributed by atoms with Crippen LogP contribution in [0, 0.1) is 0 Å². The summed E-state index contributed by atoms with van der Waals surface area (Å²) in [6, 6.07) is 11.1. The molecule has 2 aromatic rings. The molecule has 2 aliphatic rings. The van der Waals surface area contributed by atoms with E-state index in [0.29, 0.717) is 6.04 Å². The first kappa shape index (κ1) is 15.2. The lowest BCUT2D eigenvalue weighted by Gasteiger charge is -2.39. The van der Waals surface area contributed by atoms with Crippen LogP contribution in [0.25, 0.3) is 11.0 Å². The lowest BCUT2D eigenvalue weighted by molar-refractivity contribution is 0.0143. The van der Waals surface area contributed by atoms with Gasteiger partial charge in [0, 0.05) is 31.1 Å². The average molecular weight is 314 g/mol. The van der Waals surface area contributed by atoms with Gasteiger partial charge in [0.15, 0.2) is 0 Å².